The van der Waals surface area contributed by atoms with Crippen molar-refractivity contribution in [1.82, 2.24) is 15.3 Å². The number of rotatable bonds is 6. The van der Waals surface area contributed by atoms with Crippen LogP contribution < -0.4 is 20.4 Å². The van der Waals surface area contributed by atoms with Crippen LogP contribution in [-0.4, -0.2) is 34.8 Å². The molecule has 42 heavy (non-hydrogen) atoms. The summed E-state index contributed by atoms with van der Waals surface area (Å²) in [6.45, 7) is 5.40. The molecular formula is C33H33ClN6OS. The van der Waals surface area contributed by atoms with Gasteiger partial charge in [-0.15, -0.1) is 0 Å². The molecule has 0 saturated carbocycles. The normalized spacial score (nSPS) is 17.1. The molecule has 9 heteroatoms. The van der Waals surface area contributed by atoms with Crippen LogP contribution in [0.2, 0.25) is 5.02 Å². The summed E-state index contributed by atoms with van der Waals surface area (Å²) in [7, 11) is 0. The van der Waals surface area contributed by atoms with Crippen LogP contribution in [0.1, 0.15) is 40.7 Å². The quantitative estimate of drug-likeness (QED) is 0.255. The molecule has 7 nitrogen and oxygen atoms in total. The lowest BCUT2D eigenvalue weighted by Crippen LogP contribution is -2.45. The molecule has 1 fully saturated rings. The SMILES string of the molecule is S=C(NCC1(c2ccc(Cl)cc2)CCOCC1)Nc1nc(N2Cc3ccccc3C2)cc(N2Cc3ccccc3C2)n1. The Morgan fingerprint density at radius 2 is 1.29 bits per heavy atom. The Morgan fingerprint density at radius 1 is 0.786 bits per heavy atom. The van der Waals surface area contributed by atoms with Gasteiger partial charge in [0.1, 0.15) is 11.6 Å². The summed E-state index contributed by atoms with van der Waals surface area (Å²) < 4.78 is 5.71. The van der Waals surface area contributed by atoms with Crippen molar-refractivity contribution in [3.8, 4) is 0 Å². The Hall–Kier alpha value is -3.72. The number of ether oxygens (including phenoxy) is 1. The number of fused-ring (bicyclic) bond motifs is 2. The molecule has 3 aliphatic rings. The highest BCUT2D eigenvalue weighted by atomic mass is 35.5. The summed E-state index contributed by atoms with van der Waals surface area (Å²) in [5, 5.41) is 8.05. The first-order valence-corrected chi connectivity index (χ1v) is 15.2. The van der Waals surface area contributed by atoms with Gasteiger partial charge in [-0.1, -0.05) is 72.3 Å². The van der Waals surface area contributed by atoms with Gasteiger partial charge in [0.05, 0.1) is 0 Å². The molecule has 1 saturated heterocycles. The third-order valence-corrected chi connectivity index (χ3v) is 9.25. The molecule has 0 radical (unpaired) electrons. The number of thiocarbonyl (C=S) groups is 1. The Labute approximate surface area is 256 Å². The molecule has 0 aliphatic carbocycles. The number of anilines is 3. The van der Waals surface area contributed by atoms with E-state index in [0.717, 1.165) is 68.9 Å². The van der Waals surface area contributed by atoms with Crippen LogP contribution in [0.4, 0.5) is 17.6 Å². The van der Waals surface area contributed by atoms with Gasteiger partial charge in [-0.05, 0) is 65.0 Å². The van der Waals surface area contributed by atoms with Gasteiger partial charge >= 0.3 is 0 Å². The van der Waals surface area contributed by atoms with Gasteiger partial charge in [0.25, 0.3) is 0 Å². The topological polar surface area (TPSA) is 65.6 Å². The van der Waals surface area contributed by atoms with Crippen molar-refractivity contribution in [1.29, 1.82) is 0 Å². The van der Waals surface area contributed by atoms with E-state index in [1.54, 1.807) is 0 Å². The molecule has 2 N–H and O–H groups in total. The Bertz CT molecular complexity index is 1480. The van der Waals surface area contributed by atoms with Crippen molar-refractivity contribution in [3.63, 3.8) is 0 Å². The lowest BCUT2D eigenvalue weighted by atomic mass is 9.74. The zero-order valence-corrected chi connectivity index (χ0v) is 24.9. The van der Waals surface area contributed by atoms with Crippen molar-refractivity contribution >= 4 is 46.5 Å². The van der Waals surface area contributed by atoms with E-state index in [-0.39, 0.29) is 5.41 Å². The first-order valence-electron chi connectivity index (χ1n) is 14.5. The number of hydrogen-bond donors (Lipinski definition) is 2. The Balaban J connectivity index is 1.12. The van der Waals surface area contributed by atoms with Gasteiger partial charge in [-0.2, -0.15) is 9.97 Å². The average molecular weight is 597 g/mol. The van der Waals surface area contributed by atoms with E-state index < -0.39 is 0 Å². The van der Waals surface area contributed by atoms with Crippen LogP contribution in [0.15, 0.2) is 78.9 Å². The van der Waals surface area contributed by atoms with Gasteiger partial charge in [0.15, 0.2) is 5.11 Å². The van der Waals surface area contributed by atoms with E-state index in [1.807, 2.05) is 12.1 Å². The van der Waals surface area contributed by atoms with Crippen molar-refractivity contribution in [2.24, 2.45) is 0 Å². The van der Waals surface area contributed by atoms with Gasteiger partial charge in [-0.3, -0.25) is 0 Å². The molecule has 0 atom stereocenters. The van der Waals surface area contributed by atoms with E-state index in [4.69, 9.17) is 38.5 Å². The highest BCUT2D eigenvalue weighted by Crippen LogP contribution is 2.36. The number of nitrogens with one attached hydrogen (secondary N) is 2. The molecule has 0 bridgehead atoms. The maximum atomic E-state index is 6.19. The number of nitrogens with zero attached hydrogens (tertiary/aromatic N) is 4. The van der Waals surface area contributed by atoms with Gasteiger partial charge in [0, 0.05) is 62.4 Å². The standard InChI is InChI=1S/C33H33ClN6OS/c34-28-11-9-27(10-12-28)33(13-15-41-16-14-33)22-35-32(42)38-31-36-29(39-18-23-5-1-2-6-24(23)19-39)17-30(37-31)40-20-25-7-3-4-8-26(25)21-40/h1-12,17H,13-16,18-22H2,(H2,35,36,37,38,42). The fourth-order valence-corrected chi connectivity index (χ4v) is 6.61. The maximum absolute atomic E-state index is 6.19. The first-order chi connectivity index (χ1) is 20.5. The van der Waals surface area contributed by atoms with E-state index in [2.05, 4.69) is 87.2 Å². The molecule has 3 aliphatic heterocycles. The van der Waals surface area contributed by atoms with Crippen molar-refractivity contribution in [3.05, 3.63) is 112 Å². The maximum Gasteiger partial charge on any atom is 0.232 e. The zero-order chi connectivity index (χ0) is 28.5. The molecule has 214 valence electrons. The summed E-state index contributed by atoms with van der Waals surface area (Å²) in [6.07, 6.45) is 1.82. The number of aromatic nitrogens is 2. The zero-order valence-electron chi connectivity index (χ0n) is 23.4. The predicted molar refractivity (Wildman–Crippen MR) is 172 cm³/mol. The number of halogens is 1. The Morgan fingerprint density at radius 3 is 1.79 bits per heavy atom. The van der Waals surface area contributed by atoms with E-state index >= 15 is 0 Å². The molecule has 4 heterocycles. The molecule has 4 aromatic rings. The lowest BCUT2D eigenvalue weighted by molar-refractivity contribution is 0.0515. The summed E-state index contributed by atoms with van der Waals surface area (Å²) in [5.74, 6) is 2.28. The minimum atomic E-state index is -0.0922. The summed E-state index contributed by atoms with van der Waals surface area (Å²) in [4.78, 5) is 14.5. The van der Waals surface area contributed by atoms with E-state index in [9.17, 15) is 0 Å². The molecular weight excluding hydrogens is 564 g/mol. The Kier molecular flexibility index (Phi) is 7.44. The monoisotopic (exact) mass is 596 g/mol. The molecule has 1 aromatic heterocycles. The van der Waals surface area contributed by atoms with E-state index in [1.165, 1.54) is 27.8 Å². The summed E-state index contributed by atoms with van der Waals surface area (Å²) in [5.41, 5.74) is 6.49. The van der Waals surface area contributed by atoms with Crippen molar-refractivity contribution in [2.45, 2.75) is 44.4 Å². The lowest BCUT2D eigenvalue weighted by Gasteiger charge is -2.38. The highest BCUT2D eigenvalue weighted by molar-refractivity contribution is 7.80. The summed E-state index contributed by atoms with van der Waals surface area (Å²) in [6, 6.07) is 27.4. The van der Waals surface area contributed by atoms with Crippen LogP contribution in [0.3, 0.4) is 0 Å². The molecule has 3 aromatic carbocycles. The van der Waals surface area contributed by atoms with E-state index in [0.29, 0.717) is 17.6 Å². The van der Waals surface area contributed by atoms with Crippen molar-refractivity contribution in [2.75, 3.05) is 34.9 Å². The minimum Gasteiger partial charge on any atom is -0.381 e. The molecule has 0 spiro atoms. The van der Waals surface area contributed by atoms with Crippen LogP contribution in [0.5, 0.6) is 0 Å². The second-order valence-corrected chi connectivity index (χ2v) is 12.2. The molecule has 0 unspecified atom stereocenters. The molecule has 7 rings (SSSR count). The van der Waals surface area contributed by atoms with Crippen LogP contribution in [0, 0.1) is 0 Å². The highest BCUT2D eigenvalue weighted by Gasteiger charge is 2.35. The predicted octanol–water partition coefficient (Wildman–Crippen LogP) is 6.21. The fourth-order valence-electron chi connectivity index (χ4n) is 6.32. The van der Waals surface area contributed by atoms with Crippen molar-refractivity contribution < 1.29 is 4.74 Å². The third-order valence-electron chi connectivity index (χ3n) is 8.75. The fraction of sp³-hybridized carbons (Fsp3) is 0.303. The third kappa shape index (κ3) is 5.54. The van der Waals surface area contributed by atoms with Crippen LogP contribution in [-0.2, 0) is 36.3 Å². The van der Waals surface area contributed by atoms with Crippen LogP contribution in [0.25, 0.3) is 0 Å². The second kappa shape index (κ2) is 11.5. The largest absolute Gasteiger partial charge is 0.381 e. The number of benzene rings is 3. The smallest absolute Gasteiger partial charge is 0.232 e. The van der Waals surface area contributed by atoms with Gasteiger partial charge in [-0.25, -0.2) is 0 Å². The minimum absolute atomic E-state index is 0.0922. The number of hydrogen-bond acceptors (Lipinski definition) is 6. The molecule has 0 amide bonds. The van der Waals surface area contributed by atoms with Crippen LogP contribution >= 0.6 is 23.8 Å². The first kappa shape index (κ1) is 27.1. The van der Waals surface area contributed by atoms with Gasteiger partial charge in [0.2, 0.25) is 5.95 Å². The van der Waals surface area contributed by atoms with Gasteiger partial charge < -0.3 is 25.2 Å². The second-order valence-electron chi connectivity index (χ2n) is 11.4. The summed E-state index contributed by atoms with van der Waals surface area (Å²) >= 11 is 12.0. The average Bonchev–Trinajstić information content (AvgIpc) is 3.66.